The van der Waals surface area contributed by atoms with Gasteiger partial charge in [-0.25, -0.2) is 0 Å². The minimum Gasteiger partial charge on any atom is -0.493 e. The average Bonchev–Trinajstić information content (AvgIpc) is 2.75. The molecule has 9 heteroatoms. The van der Waals surface area contributed by atoms with Gasteiger partial charge in [0.1, 0.15) is 5.57 Å². The van der Waals surface area contributed by atoms with Crippen LogP contribution in [0.1, 0.15) is 11.1 Å². The second kappa shape index (κ2) is 10.4. The lowest BCUT2D eigenvalue weighted by Crippen LogP contribution is -2.51. The summed E-state index contributed by atoms with van der Waals surface area (Å²) in [5.74, 6) is -0.698. The summed E-state index contributed by atoms with van der Waals surface area (Å²) in [7, 11) is 1.46. The van der Waals surface area contributed by atoms with Crippen LogP contribution in [0.2, 0.25) is 0 Å². The summed E-state index contributed by atoms with van der Waals surface area (Å²) in [5, 5.41) is 7.52. The molecule has 2 aromatic rings. The second-order valence-corrected chi connectivity index (χ2v) is 6.99. The SMILES string of the molecule is COc1cc(C=C2C(=O)NC(=S)NC2=O)ccc1OCC(=O)NCCc1ccccc1. The molecule has 31 heavy (non-hydrogen) atoms. The molecule has 1 fully saturated rings. The van der Waals surface area contributed by atoms with Crippen LogP contribution in [-0.4, -0.2) is 43.1 Å². The Bertz CT molecular complexity index is 1010. The molecule has 0 saturated carbocycles. The lowest BCUT2D eigenvalue weighted by atomic mass is 10.1. The van der Waals surface area contributed by atoms with Crippen LogP contribution in [0.4, 0.5) is 0 Å². The monoisotopic (exact) mass is 439 g/mol. The molecule has 3 rings (SSSR count). The number of nitrogens with one attached hydrogen (secondary N) is 3. The van der Waals surface area contributed by atoms with E-state index in [0.717, 1.165) is 12.0 Å². The first-order chi connectivity index (χ1) is 15.0. The second-order valence-electron chi connectivity index (χ2n) is 6.58. The molecule has 0 atom stereocenters. The fraction of sp³-hybridized carbons (Fsp3) is 0.182. The van der Waals surface area contributed by atoms with Crippen molar-refractivity contribution in [2.24, 2.45) is 0 Å². The van der Waals surface area contributed by atoms with Gasteiger partial charge in [-0.05, 0) is 48.0 Å². The molecule has 0 bridgehead atoms. The molecule has 1 aliphatic rings. The Balaban J connectivity index is 1.58. The van der Waals surface area contributed by atoms with Gasteiger partial charge in [0.25, 0.3) is 17.7 Å². The summed E-state index contributed by atoms with van der Waals surface area (Å²) in [4.78, 5) is 36.0. The zero-order chi connectivity index (χ0) is 22.2. The van der Waals surface area contributed by atoms with Crippen molar-refractivity contribution in [3.63, 3.8) is 0 Å². The van der Waals surface area contributed by atoms with Gasteiger partial charge in [0.05, 0.1) is 7.11 Å². The maximum atomic E-state index is 12.0. The highest BCUT2D eigenvalue weighted by atomic mass is 32.1. The number of amides is 3. The fourth-order valence-corrected chi connectivity index (χ4v) is 3.04. The maximum absolute atomic E-state index is 12.0. The van der Waals surface area contributed by atoms with Gasteiger partial charge in [0.15, 0.2) is 23.2 Å². The Morgan fingerprint density at radius 2 is 1.77 bits per heavy atom. The van der Waals surface area contributed by atoms with E-state index < -0.39 is 11.8 Å². The molecule has 1 aliphatic heterocycles. The van der Waals surface area contributed by atoms with Crippen molar-refractivity contribution in [1.82, 2.24) is 16.0 Å². The Morgan fingerprint density at radius 1 is 1.06 bits per heavy atom. The predicted octanol–water partition coefficient (Wildman–Crippen LogP) is 1.35. The summed E-state index contributed by atoms with van der Waals surface area (Å²) >= 11 is 4.78. The molecule has 0 aromatic heterocycles. The van der Waals surface area contributed by atoms with E-state index >= 15 is 0 Å². The van der Waals surface area contributed by atoms with Gasteiger partial charge < -0.3 is 14.8 Å². The topological polar surface area (TPSA) is 106 Å². The highest BCUT2D eigenvalue weighted by Crippen LogP contribution is 2.29. The minimum atomic E-state index is -0.583. The third kappa shape index (κ3) is 6.13. The van der Waals surface area contributed by atoms with E-state index in [4.69, 9.17) is 21.7 Å². The van der Waals surface area contributed by atoms with Crippen molar-refractivity contribution in [3.05, 3.63) is 65.2 Å². The van der Waals surface area contributed by atoms with Crippen molar-refractivity contribution < 1.29 is 23.9 Å². The lowest BCUT2D eigenvalue weighted by Gasteiger charge is -2.16. The maximum Gasteiger partial charge on any atom is 0.263 e. The van der Waals surface area contributed by atoms with Gasteiger partial charge in [-0.3, -0.25) is 25.0 Å². The number of carbonyl (C=O) groups is 3. The summed E-state index contributed by atoms with van der Waals surface area (Å²) < 4.78 is 10.9. The molecular weight excluding hydrogens is 418 g/mol. The first kappa shape index (κ1) is 22.0. The van der Waals surface area contributed by atoms with E-state index in [1.165, 1.54) is 13.2 Å². The third-order valence-corrected chi connectivity index (χ3v) is 4.58. The van der Waals surface area contributed by atoms with E-state index in [0.29, 0.717) is 23.6 Å². The summed E-state index contributed by atoms with van der Waals surface area (Å²) in [5.41, 5.74) is 1.60. The molecule has 1 heterocycles. The Labute approximate surface area is 184 Å². The number of ether oxygens (including phenoxy) is 2. The van der Waals surface area contributed by atoms with E-state index in [1.807, 2.05) is 30.3 Å². The van der Waals surface area contributed by atoms with Crippen LogP contribution in [0, 0.1) is 0 Å². The summed E-state index contributed by atoms with van der Waals surface area (Å²) in [6.45, 7) is 0.331. The van der Waals surface area contributed by atoms with Crippen molar-refractivity contribution in [1.29, 1.82) is 0 Å². The molecule has 8 nitrogen and oxygen atoms in total. The Kier molecular flexibility index (Phi) is 7.34. The number of hydrogen-bond acceptors (Lipinski definition) is 6. The van der Waals surface area contributed by atoms with Crippen LogP contribution in [0.5, 0.6) is 11.5 Å². The number of hydrogen-bond donors (Lipinski definition) is 3. The molecule has 0 spiro atoms. The number of methoxy groups -OCH3 is 1. The van der Waals surface area contributed by atoms with Crippen molar-refractivity contribution >= 4 is 41.1 Å². The minimum absolute atomic E-state index is 0.0319. The summed E-state index contributed by atoms with van der Waals surface area (Å²) in [6, 6.07) is 14.7. The smallest absolute Gasteiger partial charge is 0.263 e. The zero-order valence-corrected chi connectivity index (χ0v) is 17.6. The van der Waals surface area contributed by atoms with Gasteiger partial charge in [0.2, 0.25) is 0 Å². The van der Waals surface area contributed by atoms with Gasteiger partial charge in [-0.2, -0.15) is 0 Å². The van der Waals surface area contributed by atoms with Crippen molar-refractivity contribution in [2.45, 2.75) is 6.42 Å². The van der Waals surface area contributed by atoms with Crippen LogP contribution in [0.3, 0.4) is 0 Å². The Hall–Kier alpha value is -3.72. The lowest BCUT2D eigenvalue weighted by molar-refractivity contribution is -0.124. The van der Waals surface area contributed by atoms with Gasteiger partial charge in [-0.1, -0.05) is 36.4 Å². The average molecular weight is 439 g/mol. The number of carbonyl (C=O) groups excluding carboxylic acids is 3. The first-order valence-corrected chi connectivity index (χ1v) is 9.87. The largest absolute Gasteiger partial charge is 0.493 e. The number of benzene rings is 2. The van der Waals surface area contributed by atoms with Crippen molar-refractivity contribution in [3.8, 4) is 11.5 Å². The molecule has 0 aliphatic carbocycles. The van der Waals surface area contributed by atoms with E-state index in [-0.39, 0.29) is 23.2 Å². The van der Waals surface area contributed by atoms with E-state index in [2.05, 4.69) is 16.0 Å². The van der Waals surface area contributed by atoms with Crippen LogP contribution >= 0.6 is 12.2 Å². The highest BCUT2D eigenvalue weighted by Gasteiger charge is 2.25. The highest BCUT2D eigenvalue weighted by molar-refractivity contribution is 7.80. The fourth-order valence-electron chi connectivity index (χ4n) is 2.85. The molecule has 3 N–H and O–H groups in total. The molecular formula is C22H21N3O5S. The van der Waals surface area contributed by atoms with Gasteiger partial charge in [-0.15, -0.1) is 0 Å². The molecule has 2 aromatic carbocycles. The third-order valence-electron chi connectivity index (χ3n) is 4.38. The van der Waals surface area contributed by atoms with E-state index in [9.17, 15) is 14.4 Å². The van der Waals surface area contributed by atoms with Crippen LogP contribution < -0.4 is 25.4 Å². The Morgan fingerprint density at radius 3 is 2.45 bits per heavy atom. The van der Waals surface area contributed by atoms with Crippen LogP contribution in [0.25, 0.3) is 6.08 Å². The first-order valence-electron chi connectivity index (χ1n) is 9.46. The molecule has 0 unspecified atom stereocenters. The molecule has 160 valence electrons. The molecule has 3 amide bonds. The number of thiocarbonyl (C=S) groups is 1. The van der Waals surface area contributed by atoms with Gasteiger partial charge >= 0.3 is 0 Å². The van der Waals surface area contributed by atoms with Crippen LogP contribution in [0.15, 0.2) is 54.1 Å². The van der Waals surface area contributed by atoms with Crippen LogP contribution in [-0.2, 0) is 20.8 Å². The zero-order valence-electron chi connectivity index (χ0n) is 16.8. The standard InChI is InChI=1S/C22H21N3O5S/c1-29-18-12-15(11-16-20(27)24-22(31)25-21(16)28)7-8-17(18)30-13-19(26)23-10-9-14-5-3-2-4-6-14/h2-8,11-12H,9-10,13H2,1H3,(H,23,26)(H2,24,25,27,28,31). The molecule has 1 saturated heterocycles. The predicted molar refractivity (Wildman–Crippen MR) is 119 cm³/mol. The summed E-state index contributed by atoms with van der Waals surface area (Å²) in [6.07, 6.45) is 2.14. The molecule has 0 radical (unpaired) electrons. The van der Waals surface area contributed by atoms with Gasteiger partial charge in [0, 0.05) is 6.54 Å². The quantitative estimate of drug-likeness (QED) is 0.326. The van der Waals surface area contributed by atoms with E-state index in [1.54, 1.807) is 18.2 Å². The van der Waals surface area contributed by atoms with Crippen molar-refractivity contribution in [2.75, 3.05) is 20.3 Å². The number of rotatable bonds is 8. The normalized spacial score (nSPS) is 13.2.